The zero-order valence-corrected chi connectivity index (χ0v) is 13.7. The van der Waals surface area contributed by atoms with Gasteiger partial charge in [0.15, 0.2) is 0 Å². The van der Waals surface area contributed by atoms with Crippen molar-refractivity contribution in [3.63, 3.8) is 0 Å². The van der Waals surface area contributed by atoms with Crippen LogP contribution in [-0.2, 0) is 6.54 Å². The molecule has 0 fully saturated rings. The van der Waals surface area contributed by atoms with Crippen molar-refractivity contribution in [2.75, 3.05) is 20.6 Å². The maximum absolute atomic E-state index is 4.34. The number of hydrogen-bond acceptors (Lipinski definition) is 3. The molecule has 1 unspecified atom stereocenters. The van der Waals surface area contributed by atoms with Crippen LogP contribution in [0, 0.1) is 5.92 Å². The van der Waals surface area contributed by atoms with Crippen LogP contribution in [0.5, 0.6) is 0 Å². The number of rotatable bonds is 8. The Labute approximate surface area is 128 Å². The Hall–Kier alpha value is -1.39. The zero-order valence-electron chi connectivity index (χ0n) is 13.7. The molecular weight excluding hydrogens is 260 g/mol. The van der Waals surface area contributed by atoms with Crippen LogP contribution in [0.15, 0.2) is 24.5 Å². The molecule has 4 nitrogen and oxygen atoms in total. The number of pyridine rings is 1. The monoisotopic (exact) mass is 288 g/mol. The van der Waals surface area contributed by atoms with Crippen molar-refractivity contribution in [1.29, 1.82) is 0 Å². The van der Waals surface area contributed by atoms with Crippen LogP contribution in [0.25, 0.3) is 11.0 Å². The average molecular weight is 288 g/mol. The van der Waals surface area contributed by atoms with E-state index in [4.69, 9.17) is 0 Å². The predicted molar refractivity (Wildman–Crippen MR) is 89.3 cm³/mol. The van der Waals surface area contributed by atoms with Crippen LogP contribution < -0.4 is 5.32 Å². The third kappa shape index (κ3) is 3.83. The molecular formula is C17H28N4. The Bertz CT molecular complexity index is 542. The van der Waals surface area contributed by atoms with Gasteiger partial charge in [0, 0.05) is 36.9 Å². The van der Waals surface area contributed by atoms with E-state index in [1.807, 2.05) is 12.3 Å². The average Bonchev–Trinajstić information content (AvgIpc) is 2.90. The zero-order chi connectivity index (χ0) is 15.2. The molecule has 21 heavy (non-hydrogen) atoms. The summed E-state index contributed by atoms with van der Waals surface area (Å²) in [6, 6.07) is 4.70. The second kappa shape index (κ2) is 7.57. The summed E-state index contributed by atoms with van der Waals surface area (Å²) in [5, 5.41) is 4.84. The first kappa shape index (κ1) is 16.0. The van der Waals surface area contributed by atoms with Crippen molar-refractivity contribution in [3.8, 4) is 0 Å². The van der Waals surface area contributed by atoms with Crippen molar-refractivity contribution in [3.05, 3.63) is 30.1 Å². The Morgan fingerprint density at radius 3 is 2.71 bits per heavy atom. The fourth-order valence-corrected chi connectivity index (χ4v) is 3.12. The van der Waals surface area contributed by atoms with Gasteiger partial charge in [0.05, 0.1) is 0 Å². The van der Waals surface area contributed by atoms with E-state index in [9.17, 15) is 0 Å². The Kier molecular flexibility index (Phi) is 5.76. The molecule has 2 rings (SSSR count). The SMILES string of the molecule is CCC(CC)C(CNCc1c[nH]c2ncccc12)N(C)C. The van der Waals surface area contributed by atoms with Crippen LogP contribution >= 0.6 is 0 Å². The summed E-state index contributed by atoms with van der Waals surface area (Å²) < 4.78 is 0. The second-order valence-corrected chi connectivity index (χ2v) is 5.95. The highest BCUT2D eigenvalue weighted by Gasteiger charge is 2.20. The summed E-state index contributed by atoms with van der Waals surface area (Å²) >= 11 is 0. The van der Waals surface area contributed by atoms with Gasteiger partial charge in [-0.15, -0.1) is 0 Å². The lowest BCUT2D eigenvalue weighted by molar-refractivity contribution is 0.194. The van der Waals surface area contributed by atoms with E-state index in [1.165, 1.54) is 23.8 Å². The Morgan fingerprint density at radius 1 is 1.29 bits per heavy atom. The van der Waals surface area contributed by atoms with E-state index < -0.39 is 0 Å². The lowest BCUT2D eigenvalue weighted by Gasteiger charge is -2.31. The molecule has 0 saturated carbocycles. The van der Waals surface area contributed by atoms with Gasteiger partial charge in [-0.05, 0) is 37.7 Å². The van der Waals surface area contributed by atoms with E-state index in [2.05, 4.69) is 60.4 Å². The largest absolute Gasteiger partial charge is 0.346 e. The maximum atomic E-state index is 4.34. The second-order valence-electron chi connectivity index (χ2n) is 5.95. The molecule has 0 aliphatic carbocycles. The highest BCUT2D eigenvalue weighted by Crippen LogP contribution is 2.18. The van der Waals surface area contributed by atoms with E-state index in [0.717, 1.165) is 24.7 Å². The molecule has 2 heterocycles. The number of likely N-dealkylation sites (N-methyl/N-ethyl adjacent to an activating group) is 1. The Morgan fingerprint density at radius 2 is 2.05 bits per heavy atom. The van der Waals surface area contributed by atoms with E-state index in [0.29, 0.717) is 6.04 Å². The number of nitrogens with zero attached hydrogens (tertiary/aromatic N) is 2. The molecule has 0 aliphatic rings. The predicted octanol–water partition coefficient (Wildman–Crippen LogP) is 3.02. The quantitative estimate of drug-likeness (QED) is 0.785. The van der Waals surface area contributed by atoms with E-state index >= 15 is 0 Å². The van der Waals surface area contributed by atoms with Crippen molar-refractivity contribution in [1.82, 2.24) is 20.2 Å². The van der Waals surface area contributed by atoms with Crippen molar-refractivity contribution in [2.45, 2.75) is 39.3 Å². The highest BCUT2D eigenvalue weighted by molar-refractivity contribution is 5.79. The van der Waals surface area contributed by atoms with Gasteiger partial charge in [-0.2, -0.15) is 0 Å². The molecule has 1 atom stereocenters. The molecule has 2 N–H and O–H groups in total. The van der Waals surface area contributed by atoms with Gasteiger partial charge in [0.2, 0.25) is 0 Å². The summed E-state index contributed by atoms with van der Waals surface area (Å²) in [5.41, 5.74) is 2.26. The van der Waals surface area contributed by atoms with Gasteiger partial charge in [-0.1, -0.05) is 26.7 Å². The van der Waals surface area contributed by atoms with Crippen LogP contribution in [0.1, 0.15) is 32.3 Å². The molecule has 0 bridgehead atoms. The summed E-state index contributed by atoms with van der Waals surface area (Å²) in [6.45, 7) is 6.48. The summed E-state index contributed by atoms with van der Waals surface area (Å²) in [7, 11) is 4.36. The van der Waals surface area contributed by atoms with Crippen molar-refractivity contribution in [2.24, 2.45) is 5.92 Å². The van der Waals surface area contributed by atoms with E-state index in [1.54, 1.807) is 0 Å². The van der Waals surface area contributed by atoms with Crippen molar-refractivity contribution < 1.29 is 0 Å². The molecule has 0 amide bonds. The van der Waals surface area contributed by atoms with Crippen LogP contribution in [0.4, 0.5) is 0 Å². The molecule has 2 aromatic rings. The lowest BCUT2D eigenvalue weighted by atomic mass is 9.93. The number of fused-ring (bicyclic) bond motifs is 1. The minimum absolute atomic E-state index is 0.586. The van der Waals surface area contributed by atoms with Crippen LogP contribution in [0.2, 0.25) is 0 Å². The minimum Gasteiger partial charge on any atom is -0.346 e. The first-order valence-corrected chi connectivity index (χ1v) is 7.95. The molecule has 116 valence electrons. The molecule has 0 spiro atoms. The third-order valence-corrected chi connectivity index (χ3v) is 4.46. The van der Waals surface area contributed by atoms with Crippen LogP contribution in [0.3, 0.4) is 0 Å². The Balaban J connectivity index is 1.96. The van der Waals surface area contributed by atoms with Crippen LogP contribution in [-0.4, -0.2) is 41.5 Å². The highest BCUT2D eigenvalue weighted by atomic mass is 15.1. The normalized spacial score (nSPS) is 13.4. The molecule has 0 aliphatic heterocycles. The first-order chi connectivity index (χ1) is 10.2. The number of nitrogens with one attached hydrogen (secondary N) is 2. The van der Waals surface area contributed by atoms with Crippen molar-refractivity contribution >= 4 is 11.0 Å². The van der Waals surface area contributed by atoms with Gasteiger partial charge in [0.1, 0.15) is 5.65 Å². The summed E-state index contributed by atoms with van der Waals surface area (Å²) in [4.78, 5) is 9.92. The molecule has 0 radical (unpaired) electrons. The lowest BCUT2D eigenvalue weighted by Crippen LogP contribution is -2.42. The fraction of sp³-hybridized carbons (Fsp3) is 0.588. The van der Waals surface area contributed by atoms with Gasteiger partial charge in [-0.3, -0.25) is 0 Å². The minimum atomic E-state index is 0.586. The number of H-pyrrole nitrogens is 1. The smallest absolute Gasteiger partial charge is 0.137 e. The first-order valence-electron chi connectivity index (χ1n) is 7.95. The van der Waals surface area contributed by atoms with Gasteiger partial charge >= 0.3 is 0 Å². The topological polar surface area (TPSA) is 44.0 Å². The molecule has 0 aromatic carbocycles. The molecule has 2 aromatic heterocycles. The van der Waals surface area contributed by atoms with Gasteiger partial charge in [-0.25, -0.2) is 4.98 Å². The molecule has 4 heteroatoms. The van der Waals surface area contributed by atoms with Gasteiger partial charge < -0.3 is 15.2 Å². The van der Waals surface area contributed by atoms with Gasteiger partial charge in [0.25, 0.3) is 0 Å². The number of aromatic nitrogens is 2. The summed E-state index contributed by atoms with van der Waals surface area (Å²) in [6.07, 6.45) is 6.35. The standard InChI is InChI=1S/C17H28N4/c1-5-13(6-2)16(21(3)4)12-18-10-14-11-20-17-15(14)8-7-9-19-17/h7-9,11,13,16,18H,5-6,10,12H2,1-4H3,(H,19,20). The molecule has 0 saturated heterocycles. The number of aromatic amines is 1. The summed E-state index contributed by atoms with van der Waals surface area (Å²) in [5.74, 6) is 0.747. The van der Waals surface area contributed by atoms with E-state index in [-0.39, 0.29) is 0 Å². The third-order valence-electron chi connectivity index (χ3n) is 4.46. The maximum Gasteiger partial charge on any atom is 0.137 e. The fourth-order valence-electron chi connectivity index (χ4n) is 3.12. The number of hydrogen-bond donors (Lipinski definition) is 2.